The second-order valence-electron chi connectivity index (χ2n) is 6.05. The van der Waals surface area contributed by atoms with Crippen molar-refractivity contribution >= 4 is 0 Å². The molecule has 2 rings (SSSR count). The predicted octanol–water partition coefficient (Wildman–Crippen LogP) is 3.03. The summed E-state index contributed by atoms with van der Waals surface area (Å²) in [4.78, 5) is 1.38. The third-order valence-corrected chi connectivity index (χ3v) is 4.61. The Hall–Kier alpha value is -0.750. The van der Waals surface area contributed by atoms with Crippen molar-refractivity contribution in [2.24, 2.45) is 0 Å². The molecule has 2 heterocycles. The molecule has 0 saturated carbocycles. The molecule has 0 unspecified atom stereocenters. The van der Waals surface area contributed by atoms with Crippen molar-refractivity contribution in [2.45, 2.75) is 55.0 Å². The SMILES string of the molecule is OC[C@@]12CCCN1C[C@@H](OC(C(F)(F)F)(C(F)(F)F)C(F)(F)F)C2. The number of halogens is 9. The first-order chi connectivity index (χ1) is 10.7. The molecule has 0 radical (unpaired) electrons. The van der Waals surface area contributed by atoms with Gasteiger partial charge in [-0.2, -0.15) is 39.5 Å². The quantitative estimate of drug-likeness (QED) is 0.770. The van der Waals surface area contributed by atoms with Gasteiger partial charge in [0.2, 0.25) is 0 Å². The Kier molecular flexibility index (Phi) is 4.59. The van der Waals surface area contributed by atoms with Crippen molar-refractivity contribution < 1.29 is 49.4 Å². The summed E-state index contributed by atoms with van der Waals surface area (Å²) in [6.45, 7) is -0.855. The smallest absolute Gasteiger partial charge is 0.394 e. The monoisotopic (exact) mass is 375 g/mol. The number of ether oxygens (including phenoxy) is 1. The van der Waals surface area contributed by atoms with Crippen LogP contribution in [0.5, 0.6) is 0 Å². The summed E-state index contributed by atoms with van der Waals surface area (Å²) in [6.07, 6.45) is -21.9. The van der Waals surface area contributed by atoms with E-state index in [1.807, 2.05) is 0 Å². The number of aliphatic hydroxyl groups excluding tert-OH is 1. The van der Waals surface area contributed by atoms with Crippen molar-refractivity contribution in [2.75, 3.05) is 19.7 Å². The van der Waals surface area contributed by atoms with E-state index in [4.69, 9.17) is 0 Å². The lowest BCUT2D eigenvalue weighted by atomic mass is 9.93. The van der Waals surface area contributed by atoms with E-state index < -0.39 is 55.3 Å². The van der Waals surface area contributed by atoms with Crippen LogP contribution in [0, 0.1) is 0 Å². The van der Waals surface area contributed by atoms with E-state index in [2.05, 4.69) is 4.74 Å². The predicted molar refractivity (Wildman–Crippen MR) is 61.0 cm³/mol. The zero-order valence-corrected chi connectivity index (χ0v) is 12.0. The highest BCUT2D eigenvalue weighted by atomic mass is 19.4. The van der Waals surface area contributed by atoms with Crippen molar-refractivity contribution in [3.63, 3.8) is 0 Å². The molecule has 1 N–H and O–H groups in total. The van der Waals surface area contributed by atoms with Gasteiger partial charge in [-0.05, 0) is 25.8 Å². The standard InChI is InChI=1S/C12H14F9NO2/c13-10(14,15)9(11(16,17)18,12(19,20)21)24-7-4-8(6-23)2-1-3-22(8)5-7/h7,23H,1-6H2/t7-,8-/m0/s1. The second-order valence-corrected chi connectivity index (χ2v) is 6.05. The van der Waals surface area contributed by atoms with Gasteiger partial charge in [-0.25, -0.2) is 0 Å². The fourth-order valence-electron chi connectivity index (χ4n) is 3.50. The van der Waals surface area contributed by atoms with Gasteiger partial charge in [-0.15, -0.1) is 0 Å². The Balaban J connectivity index is 2.38. The summed E-state index contributed by atoms with van der Waals surface area (Å²) in [5.74, 6) is 0. The first kappa shape index (κ1) is 19.6. The molecule has 24 heavy (non-hydrogen) atoms. The van der Waals surface area contributed by atoms with Crippen LogP contribution in [0.15, 0.2) is 0 Å². The van der Waals surface area contributed by atoms with Gasteiger partial charge in [0.15, 0.2) is 0 Å². The third-order valence-electron chi connectivity index (χ3n) is 4.61. The molecule has 0 aliphatic carbocycles. The number of aliphatic hydroxyl groups is 1. The highest BCUT2D eigenvalue weighted by Gasteiger charge is 2.86. The molecule has 0 spiro atoms. The highest BCUT2D eigenvalue weighted by molar-refractivity contribution is 5.08. The van der Waals surface area contributed by atoms with E-state index in [0.29, 0.717) is 6.42 Å². The van der Waals surface area contributed by atoms with Crippen molar-refractivity contribution in [3.8, 4) is 0 Å². The lowest BCUT2D eigenvalue weighted by molar-refractivity contribution is -0.463. The molecule has 0 aromatic heterocycles. The fraction of sp³-hybridized carbons (Fsp3) is 1.00. The number of alkyl halides is 9. The molecule has 2 fully saturated rings. The van der Waals surface area contributed by atoms with Crippen LogP contribution in [0.4, 0.5) is 39.5 Å². The maximum absolute atomic E-state index is 12.9. The summed E-state index contributed by atoms with van der Waals surface area (Å²) in [6, 6.07) is 0. The van der Waals surface area contributed by atoms with E-state index in [0.717, 1.165) is 0 Å². The minimum absolute atomic E-state index is 0.261. The normalized spacial score (nSPS) is 30.0. The number of hydrogen-bond donors (Lipinski definition) is 1. The first-order valence-corrected chi connectivity index (χ1v) is 6.94. The number of rotatable bonds is 3. The summed E-state index contributed by atoms with van der Waals surface area (Å²) in [7, 11) is 0. The first-order valence-electron chi connectivity index (χ1n) is 6.94. The lowest BCUT2D eigenvalue weighted by Gasteiger charge is -2.39. The van der Waals surface area contributed by atoms with E-state index >= 15 is 0 Å². The summed E-state index contributed by atoms with van der Waals surface area (Å²) < 4.78 is 119. The molecule has 12 heteroatoms. The Morgan fingerprint density at radius 2 is 1.46 bits per heavy atom. The van der Waals surface area contributed by atoms with Gasteiger partial charge in [-0.1, -0.05) is 0 Å². The molecule has 3 nitrogen and oxygen atoms in total. The van der Waals surface area contributed by atoms with Crippen LogP contribution in [-0.2, 0) is 4.74 Å². The molecular formula is C12H14F9NO2. The van der Waals surface area contributed by atoms with Gasteiger partial charge in [0, 0.05) is 12.1 Å². The molecular weight excluding hydrogens is 361 g/mol. The molecule has 0 bridgehead atoms. The zero-order chi connectivity index (χ0) is 18.6. The van der Waals surface area contributed by atoms with Gasteiger partial charge >= 0.3 is 24.1 Å². The van der Waals surface area contributed by atoms with Gasteiger partial charge < -0.3 is 9.84 Å². The molecule has 142 valence electrons. The van der Waals surface area contributed by atoms with Crippen LogP contribution >= 0.6 is 0 Å². The van der Waals surface area contributed by atoms with E-state index in [9.17, 15) is 44.6 Å². The summed E-state index contributed by atoms with van der Waals surface area (Å²) in [5, 5.41) is 9.36. The van der Waals surface area contributed by atoms with Crippen molar-refractivity contribution in [3.05, 3.63) is 0 Å². The molecule has 2 saturated heterocycles. The van der Waals surface area contributed by atoms with E-state index in [1.165, 1.54) is 4.90 Å². The van der Waals surface area contributed by atoms with Crippen molar-refractivity contribution in [1.82, 2.24) is 4.90 Å². The molecule has 0 amide bonds. The van der Waals surface area contributed by atoms with Gasteiger partial charge in [-0.3, -0.25) is 4.90 Å². The molecule has 2 aliphatic rings. The summed E-state index contributed by atoms with van der Waals surface area (Å²) in [5.41, 5.74) is -7.38. The van der Waals surface area contributed by atoms with Crippen LogP contribution in [0.2, 0.25) is 0 Å². The Labute approximate surface area is 130 Å². The highest BCUT2D eigenvalue weighted by Crippen LogP contribution is 2.56. The van der Waals surface area contributed by atoms with E-state index in [-0.39, 0.29) is 13.0 Å². The Morgan fingerprint density at radius 1 is 0.958 bits per heavy atom. The molecule has 0 aromatic rings. The van der Waals surface area contributed by atoms with Gasteiger partial charge in [0.05, 0.1) is 12.7 Å². The van der Waals surface area contributed by atoms with Gasteiger partial charge in [0.1, 0.15) is 0 Å². The van der Waals surface area contributed by atoms with E-state index in [1.54, 1.807) is 0 Å². The van der Waals surface area contributed by atoms with Crippen LogP contribution < -0.4 is 0 Å². The lowest BCUT2D eigenvalue weighted by Crippen LogP contribution is -2.68. The average molecular weight is 375 g/mol. The second kappa shape index (κ2) is 5.63. The van der Waals surface area contributed by atoms with Crippen LogP contribution in [0.1, 0.15) is 19.3 Å². The number of nitrogens with zero attached hydrogens (tertiary/aromatic N) is 1. The average Bonchev–Trinajstić information content (AvgIpc) is 2.87. The minimum atomic E-state index is -6.73. The van der Waals surface area contributed by atoms with Crippen LogP contribution in [0.25, 0.3) is 0 Å². The zero-order valence-electron chi connectivity index (χ0n) is 12.0. The maximum Gasteiger partial charge on any atom is 0.435 e. The largest absolute Gasteiger partial charge is 0.435 e. The van der Waals surface area contributed by atoms with Gasteiger partial charge in [0.25, 0.3) is 0 Å². The Bertz CT molecular complexity index is 437. The summed E-state index contributed by atoms with van der Waals surface area (Å²) >= 11 is 0. The molecule has 2 atom stereocenters. The third kappa shape index (κ3) is 2.75. The topological polar surface area (TPSA) is 32.7 Å². The maximum atomic E-state index is 12.9. The number of hydrogen-bond acceptors (Lipinski definition) is 3. The van der Waals surface area contributed by atoms with Crippen LogP contribution in [0.3, 0.4) is 0 Å². The minimum Gasteiger partial charge on any atom is -0.394 e. The van der Waals surface area contributed by atoms with Crippen LogP contribution in [-0.4, -0.2) is 65.5 Å². The number of fused-ring (bicyclic) bond motifs is 1. The molecule has 2 aliphatic heterocycles. The Morgan fingerprint density at radius 3 is 1.83 bits per heavy atom. The molecule has 0 aromatic carbocycles. The fourth-order valence-corrected chi connectivity index (χ4v) is 3.50. The van der Waals surface area contributed by atoms with Crippen molar-refractivity contribution in [1.29, 1.82) is 0 Å².